The first-order valence-corrected chi connectivity index (χ1v) is 7.24. The summed E-state index contributed by atoms with van der Waals surface area (Å²) in [6, 6.07) is 9.62. The topological polar surface area (TPSA) is 15.3 Å². The number of benzene rings is 1. The zero-order valence-electron chi connectivity index (χ0n) is 11.9. The van der Waals surface area contributed by atoms with Crippen LogP contribution in [-0.4, -0.2) is 19.1 Å². The summed E-state index contributed by atoms with van der Waals surface area (Å²) < 4.78 is 0. The number of anilines is 1. The van der Waals surface area contributed by atoms with Gasteiger partial charge < -0.3 is 10.2 Å². The number of hydrogen-bond acceptors (Lipinski definition) is 2. The molecule has 1 fully saturated rings. The Bertz CT molecular complexity index is 350. The molecule has 0 spiro atoms. The summed E-state index contributed by atoms with van der Waals surface area (Å²) in [5.41, 5.74) is 2.76. The quantitative estimate of drug-likeness (QED) is 0.856. The molecule has 0 aromatic heterocycles. The third kappa shape index (κ3) is 3.49. The van der Waals surface area contributed by atoms with E-state index < -0.39 is 0 Å². The molecule has 2 rings (SSSR count). The van der Waals surface area contributed by atoms with Crippen LogP contribution in [0.2, 0.25) is 0 Å². The molecule has 1 atom stereocenters. The molecule has 2 heteroatoms. The molecular formula is C16H26N2. The van der Waals surface area contributed by atoms with Gasteiger partial charge in [0, 0.05) is 31.4 Å². The summed E-state index contributed by atoms with van der Waals surface area (Å²) in [6.07, 6.45) is 2.68. The molecule has 1 aliphatic rings. The highest BCUT2D eigenvalue weighted by Crippen LogP contribution is 2.20. The summed E-state index contributed by atoms with van der Waals surface area (Å²) in [7, 11) is 0. The van der Waals surface area contributed by atoms with Gasteiger partial charge in [0.25, 0.3) is 0 Å². The summed E-state index contributed by atoms with van der Waals surface area (Å²) in [6.45, 7) is 10.2. The van der Waals surface area contributed by atoms with Crippen molar-refractivity contribution >= 4 is 5.69 Å². The van der Waals surface area contributed by atoms with Gasteiger partial charge in [0.1, 0.15) is 0 Å². The highest BCUT2D eigenvalue weighted by Gasteiger charge is 2.12. The van der Waals surface area contributed by atoms with Crippen molar-refractivity contribution in [1.82, 2.24) is 5.32 Å². The first-order valence-electron chi connectivity index (χ1n) is 7.24. The third-order valence-electron chi connectivity index (χ3n) is 4.04. The molecule has 0 saturated carbocycles. The van der Waals surface area contributed by atoms with Crippen LogP contribution < -0.4 is 10.2 Å². The van der Waals surface area contributed by atoms with Gasteiger partial charge in [-0.25, -0.2) is 0 Å². The molecule has 1 aliphatic heterocycles. The van der Waals surface area contributed by atoms with E-state index in [4.69, 9.17) is 0 Å². The minimum absolute atomic E-state index is 0.572. The second-order valence-electron chi connectivity index (χ2n) is 5.77. The van der Waals surface area contributed by atoms with E-state index in [9.17, 15) is 0 Å². The monoisotopic (exact) mass is 246 g/mol. The standard InChI is InChI=1S/C16H26N2/c1-13(2)14(3)17-12-15-6-8-16(9-7-15)18-10-4-5-11-18/h6-9,13-14,17H,4-5,10-12H2,1-3H3. The Hall–Kier alpha value is -1.02. The molecule has 1 aromatic rings. The smallest absolute Gasteiger partial charge is 0.0366 e. The number of rotatable bonds is 5. The fraction of sp³-hybridized carbons (Fsp3) is 0.625. The predicted octanol–water partition coefficient (Wildman–Crippen LogP) is 3.42. The van der Waals surface area contributed by atoms with Gasteiger partial charge in [-0.3, -0.25) is 0 Å². The highest BCUT2D eigenvalue weighted by molar-refractivity contribution is 5.48. The largest absolute Gasteiger partial charge is 0.372 e. The number of nitrogens with one attached hydrogen (secondary N) is 1. The molecule has 0 radical (unpaired) electrons. The lowest BCUT2D eigenvalue weighted by Crippen LogP contribution is -2.30. The van der Waals surface area contributed by atoms with Crippen molar-refractivity contribution in [3.63, 3.8) is 0 Å². The summed E-state index contributed by atoms with van der Waals surface area (Å²) in [4.78, 5) is 2.48. The summed E-state index contributed by atoms with van der Waals surface area (Å²) in [5, 5.41) is 3.57. The lowest BCUT2D eigenvalue weighted by Gasteiger charge is -2.19. The molecule has 2 nitrogen and oxygen atoms in total. The van der Waals surface area contributed by atoms with Gasteiger partial charge in [-0.2, -0.15) is 0 Å². The van der Waals surface area contributed by atoms with E-state index in [1.807, 2.05) is 0 Å². The predicted molar refractivity (Wildman–Crippen MR) is 79.0 cm³/mol. The van der Waals surface area contributed by atoms with Gasteiger partial charge in [0.05, 0.1) is 0 Å². The van der Waals surface area contributed by atoms with E-state index in [0.29, 0.717) is 12.0 Å². The molecule has 0 aliphatic carbocycles. The van der Waals surface area contributed by atoms with Gasteiger partial charge in [0.15, 0.2) is 0 Å². The average Bonchev–Trinajstić information content (AvgIpc) is 2.90. The van der Waals surface area contributed by atoms with Crippen molar-refractivity contribution in [1.29, 1.82) is 0 Å². The maximum absolute atomic E-state index is 3.57. The maximum Gasteiger partial charge on any atom is 0.0366 e. The van der Waals surface area contributed by atoms with Crippen LogP contribution in [0.25, 0.3) is 0 Å². The van der Waals surface area contributed by atoms with Crippen LogP contribution in [0.3, 0.4) is 0 Å². The van der Waals surface area contributed by atoms with Gasteiger partial charge in [-0.1, -0.05) is 26.0 Å². The van der Waals surface area contributed by atoms with E-state index in [2.05, 4.69) is 55.3 Å². The molecule has 1 N–H and O–H groups in total. The Morgan fingerprint density at radius 1 is 1.06 bits per heavy atom. The van der Waals surface area contributed by atoms with Gasteiger partial charge in [-0.15, -0.1) is 0 Å². The maximum atomic E-state index is 3.57. The minimum atomic E-state index is 0.572. The van der Waals surface area contributed by atoms with Crippen molar-refractivity contribution < 1.29 is 0 Å². The van der Waals surface area contributed by atoms with Crippen LogP contribution in [0.5, 0.6) is 0 Å². The van der Waals surface area contributed by atoms with Crippen molar-refractivity contribution in [3.8, 4) is 0 Å². The Kier molecular flexibility index (Phi) is 4.65. The fourth-order valence-corrected chi connectivity index (χ4v) is 2.31. The lowest BCUT2D eigenvalue weighted by atomic mass is 10.1. The van der Waals surface area contributed by atoms with Crippen molar-refractivity contribution in [3.05, 3.63) is 29.8 Å². The first-order chi connectivity index (χ1) is 8.66. The van der Waals surface area contributed by atoms with E-state index in [-0.39, 0.29) is 0 Å². The fourth-order valence-electron chi connectivity index (χ4n) is 2.31. The summed E-state index contributed by atoms with van der Waals surface area (Å²) in [5.74, 6) is 0.689. The molecule has 1 saturated heterocycles. The second kappa shape index (κ2) is 6.24. The Labute approximate surface area is 111 Å². The van der Waals surface area contributed by atoms with Crippen LogP contribution in [0.4, 0.5) is 5.69 Å². The van der Waals surface area contributed by atoms with Crippen LogP contribution in [0.15, 0.2) is 24.3 Å². The minimum Gasteiger partial charge on any atom is -0.372 e. The Morgan fingerprint density at radius 2 is 1.67 bits per heavy atom. The normalized spacial score (nSPS) is 17.4. The van der Waals surface area contributed by atoms with Crippen LogP contribution in [0.1, 0.15) is 39.2 Å². The van der Waals surface area contributed by atoms with E-state index in [1.54, 1.807) is 0 Å². The highest BCUT2D eigenvalue weighted by atomic mass is 15.1. The first kappa shape index (κ1) is 13.4. The second-order valence-corrected chi connectivity index (χ2v) is 5.77. The van der Waals surface area contributed by atoms with E-state index in [0.717, 1.165) is 6.54 Å². The zero-order chi connectivity index (χ0) is 13.0. The number of hydrogen-bond donors (Lipinski definition) is 1. The van der Waals surface area contributed by atoms with Crippen molar-refractivity contribution in [2.75, 3.05) is 18.0 Å². The van der Waals surface area contributed by atoms with Crippen LogP contribution in [-0.2, 0) is 6.54 Å². The molecular weight excluding hydrogens is 220 g/mol. The lowest BCUT2D eigenvalue weighted by molar-refractivity contribution is 0.426. The van der Waals surface area contributed by atoms with Gasteiger partial charge in [0.2, 0.25) is 0 Å². The Balaban J connectivity index is 1.87. The Morgan fingerprint density at radius 3 is 2.22 bits per heavy atom. The molecule has 0 bridgehead atoms. The van der Waals surface area contributed by atoms with Crippen LogP contribution >= 0.6 is 0 Å². The molecule has 18 heavy (non-hydrogen) atoms. The SMILES string of the molecule is CC(C)C(C)NCc1ccc(N2CCCC2)cc1. The third-order valence-corrected chi connectivity index (χ3v) is 4.04. The average molecular weight is 246 g/mol. The van der Waals surface area contributed by atoms with Gasteiger partial charge >= 0.3 is 0 Å². The van der Waals surface area contributed by atoms with Gasteiger partial charge in [-0.05, 0) is 43.4 Å². The molecule has 1 heterocycles. The summed E-state index contributed by atoms with van der Waals surface area (Å²) >= 11 is 0. The molecule has 100 valence electrons. The molecule has 1 aromatic carbocycles. The van der Waals surface area contributed by atoms with Crippen molar-refractivity contribution in [2.24, 2.45) is 5.92 Å². The van der Waals surface area contributed by atoms with Crippen LogP contribution in [0, 0.1) is 5.92 Å². The van der Waals surface area contributed by atoms with E-state index >= 15 is 0 Å². The van der Waals surface area contributed by atoms with E-state index in [1.165, 1.54) is 37.2 Å². The van der Waals surface area contributed by atoms with Crippen molar-refractivity contribution in [2.45, 2.75) is 46.2 Å². The number of nitrogens with zero attached hydrogens (tertiary/aromatic N) is 1. The molecule has 1 unspecified atom stereocenters. The zero-order valence-corrected chi connectivity index (χ0v) is 11.9. The molecule has 0 amide bonds.